The molecule has 0 unspecified atom stereocenters. The van der Waals surface area contributed by atoms with Crippen molar-refractivity contribution in [2.75, 3.05) is 26.3 Å². The van der Waals surface area contributed by atoms with E-state index in [0.29, 0.717) is 48.8 Å². The average Bonchev–Trinajstić information content (AvgIpc) is 3.89. The number of nitrogens with zero attached hydrogens (tertiary/aromatic N) is 11. The number of morpholine rings is 1. The van der Waals surface area contributed by atoms with Crippen LogP contribution in [-0.2, 0) is 51.6 Å². The molecule has 0 atom stereocenters. The van der Waals surface area contributed by atoms with E-state index in [1.165, 1.54) is 5.56 Å². The van der Waals surface area contributed by atoms with E-state index in [-0.39, 0.29) is 11.8 Å². The number of unbranched alkanes of at least 4 members (excludes halogenated alkanes) is 1. The number of aromatic nitrogens is 8. The third kappa shape index (κ3) is 7.08. The number of carbonyl (C=O) groups is 2. The standard InChI is InChI=1S/C39H49N11O3/c1-7-49-33(24-27(3)42-49)36(51)40-38-44(5)30-15-9-10-16-31(30)47(38)18-11-12-19-48-32-17-13-14-29(26-46-20-22-53-23-21-46)35(32)45(6)39(48)41-37(52)34-25-28(4)43-50(34)8-2/h9-10,13-17,24-25H,7-8,11-12,18-23,26H2,1-6H3/b40-38+,41-39+. The van der Waals surface area contributed by atoms with Gasteiger partial charge < -0.3 is 23.0 Å². The molecule has 1 aliphatic rings. The number of aryl methyl sites for hydroxylation is 8. The molecule has 7 rings (SSSR count). The zero-order valence-corrected chi connectivity index (χ0v) is 31.6. The molecular weight excluding hydrogens is 671 g/mol. The van der Waals surface area contributed by atoms with Gasteiger partial charge >= 0.3 is 0 Å². The summed E-state index contributed by atoms with van der Waals surface area (Å²) in [4.78, 5) is 39.2. The van der Waals surface area contributed by atoms with Crippen LogP contribution in [0.15, 0.2) is 64.6 Å². The third-order valence-corrected chi connectivity index (χ3v) is 10.1. The highest BCUT2D eigenvalue weighted by atomic mass is 16.5. The molecule has 0 aliphatic carbocycles. The number of hydrogen-bond acceptors (Lipinski definition) is 6. The summed E-state index contributed by atoms with van der Waals surface area (Å²) in [5, 5.41) is 8.95. The van der Waals surface area contributed by atoms with E-state index < -0.39 is 0 Å². The minimum absolute atomic E-state index is 0.316. The summed E-state index contributed by atoms with van der Waals surface area (Å²) >= 11 is 0. The Balaban J connectivity index is 1.23. The number of benzene rings is 2. The zero-order chi connectivity index (χ0) is 37.2. The molecule has 14 heteroatoms. The van der Waals surface area contributed by atoms with Gasteiger partial charge in [-0.15, -0.1) is 0 Å². The third-order valence-electron chi connectivity index (χ3n) is 10.1. The number of hydrogen-bond donors (Lipinski definition) is 0. The summed E-state index contributed by atoms with van der Waals surface area (Å²) in [5.41, 5.74) is 9.01. The molecule has 0 N–H and O–H groups in total. The Labute approximate surface area is 308 Å². The number of fused-ring (bicyclic) bond motifs is 2. The van der Waals surface area contributed by atoms with Crippen molar-refractivity contribution < 1.29 is 14.3 Å². The van der Waals surface area contributed by atoms with Crippen molar-refractivity contribution in [2.45, 2.75) is 73.3 Å². The van der Waals surface area contributed by atoms with E-state index in [1.54, 1.807) is 21.5 Å². The summed E-state index contributed by atoms with van der Waals surface area (Å²) in [5.74, 6) is -0.634. The van der Waals surface area contributed by atoms with Crippen LogP contribution >= 0.6 is 0 Å². The number of para-hydroxylation sites is 3. The molecule has 2 aromatic carbocycles. The topological polar surface area (TPSA) is 127 Å². The number of imidazole rings is 2. The first-order valence-electron chi connectivity index (χ1n) is 18.6. The maximum atomic E-state index is 13.8. The van der Waals surface area contributed by atoms with Gasteiger partial charge in [-0.3, -0.25) is 23.9 Å². The van der Waals surface area contributed by atoms with Crippen LogP contribution in [0.3, 0.4) is 0 Å². The molecule has 0 bridgehead atoms. The van der Waals surface area contributed by atoms with Crippen molar-refractivity contribution in [3.05, 3.63) is 94.2 Å². The van der Waals surface area contributed by atoms with Crippen LogP contribution in [0.5, 0.6) is 0 Å². The van der Waals surface area contributed by atoms with Crippen LogP contribution in [0.1, 0.15) is 64.6 Å². The zero-order valence-electron chi connectivity index (χ0n) is 31.6. The second kappa shape index (κ2) is 15.3. The quantitative estimate of drug-likeness (QED) is 0.186. The van der Waals surface area contributed by atoms with Gasteiger partial charge in [0.15, 0.2) is 0 Å². The van der Waals surface area contributed by atoms with Crippen molar-refractivity contribution in [3.63, 3.8) is 0 Å². The van der Waals surface area contributed by atoms with Gasteiger partial charge in [0, 0.05) is 59.9 Å². The SMILES string of the molecule is CCn1nc(C)cc1C(=O)/N=c1\n(C)c2ccccc2n1CCCCn1/c(=N/C(=O)c2cc(C)nn2CC)n(C)c2c(CN3CCOCC3)cccc21. The van der Waals surface area contributed by atoms with Gasteiger partial charge in [-0.25, -0.2) is 0 Å². The average molecular weight is 720 g/mol. The number of carbonyl (C=O) groups excluding carboxylic acids is 2. The molecule has 1 fully saturated rings. The van der Waals surface area contributed by atoms with Crippen molar-refractivity contribution in [3.8, 4) is 0 Å². The van der Waals surface area contributed by atoms with Crippen molar-refractivity contribution in [1.82, 2.24) is 42.7 Å². The molecule has 2 amide bonds. The van der Waals surface area contributed by atoms with Gasteiger partial charge in [-0.1, -0.05) is 24.3 Å². The Kier molecular flexibility index (Phi) is 10.4. The molecule has 0 spiro atoms. The smallest absolute Gasteiger partial charge is 0.298 e. The summed E-state index contributed by atoms with van der Waals surface area (Å²) < 4.78 is 17.4. The second-order valence-corrected chi connectivity index (χ2v) is 13.7. The monoisotopic (exact) mass is 719 g/mol. The van der Waals surface area contributed by atoms with Gasteiger partial charge in [0.05, 0.1) is 46.7 Å². The van der Waals surface area contributed by atoms with Crippen molar-refractivity contribution in [2.24, 2.45) is 24.1 Å². The van der Waals surface area contributed by atoms with Gasteiger partial charge in [0.1, 0.15) is 11.4 Å². The molecule has 6 aromatic rings. The molecule has 53 heavy (non-hydrogen) atoms. The lowest BCUT2D eigenvalue weighted by Gasteiger charge is -2.26. The van der Waals surface area contributed by atoms with E-state index in [0.717, 1.165) is 79.1 Å². The summed E-state index contributed by atoms with van der Waals surface area (Å²) in [6.07, 6.45) is 1.60. The molecule has 1 saturated heterocycles. The lowest BCUT2D eigenvalue weighted by molar-refractivity contribution is 0.0343. The Morgan fingerprint density at radius 2 is 1.25 bits per heavy atom. The maximum absolute atomic E-state index is 13.8. The molecule has 14 nitrogen and oxygen atoms in total. The molecule has 0 radical (unpaired) electrons. The fraction of sp³-hybridized carbons (Fsp3) is 0.436. The highest BCUT2D eigenvalue weighted by Crippen LogP contribution is 2.21. The molecule has 1 aliphatic heterocycles. The largest absolute Gasteiger partial charge is 0.379 e. The van der Waals surface area contributed by atoms with Crippen LogP contribution in [0.4, 0.5) is 0 Å². The number of amides is 2. The lowest BCUT2D eigenvalue weighted by atomic mass is 10.1. The predicted molar refractivity (Wildman–Crippen MR) is 202 cm³/mol. The first-order valence-corrected chi connectivity index (χ1v) is 18.6. The van der Waals surface area contributed by atoms with E-state index in [4.69, 9.17) is 9.73 Å². The Bertz CT molecular complexity index is 2440. The van der Waals surface area contributed by atoms with Crippen molar-refractivity contribution in [1.29, 1.82) is 0 Å². The normalized spacial score (nSPS) is 14.7. The number of ether oxygens (including phenoxy) is 1. The van der Waals surface area contributed by atoms with Crippen LogP contribution in [-0.4, -0.2) is 80.8 Å². The molecular formula is C39H49N11O3. The minimum atomic E-state index is -0.318. The fourth-order valence-electron chi connectivity index (χ4n) is 7.54. The number of rotatable bonds is 11. The summed E-state index contributed by atoms with van der Waals surface area (Å²) in [6.45, 7) is 14.2. The lowest BCUT2D eigenvalue weighted by Crippen LogP contribution is -2.35. The first kappa shape index (κ1) is 36.0. The molecule has 278 valence electrons. The highest BCUT2D eigenvalue weighted by molar-refractivity contribution is 5.94. The Morgan fingerprint density at radius 3 is 1.83 bits per heavy atom. The molecule has 5 heterocycles. The Morgan fingerprint density at radius 1 is 0.717 bits per heavy atom. The summed E-state index contributed by atoms with van der Waals surface area (Å²) in [6, 6.07) is 18.1. The van der Waals surface area contributed by atoms with Crippen molar-refractivity contribution >= 4 is 33.9 Å². The molecule has 4 aromatic heterocycles. The highest BCUT2D eigenvalue weighted by Gasteiger charge is 2.20. The fourth-order valence-corrected chi connectivity index (χ4v) is 7.54. The van der Waals surface area contributed by atoms with Crippen LogP contribution in [0.25, 0.3) is 22.1 Å². The van der Waals surface area contributed by atoms with E-state index in [1.807, 2.05) is 64.6 Å². The van der Waals surface area contributed by atoms with Gasteiger partial charge in [0.2, 0.25) is 11.2 Å². The predicted octanol–water partition coefficient (Wildman–Crippen LogP) is 4.12. The van der Waals surface area contributed by atoms with Gasteiger partial charge in [-0.2, -0.15) is 20.2 Å². The second-order valence-electron chi connectivity index (χ2n) is 13.7. The molecule has 0 saturated carbocycles. The Hall–Kier alpha value is -5.34. The summed E-state index contributed by atoms with van der Waals surface area (Å²) in [7, 11) is 3.95. The van der Waals surface area contributed by atoms with E-state index in [2.05, 4.69) is 58.1 Å². The maximum Gasteiger partial charge on any atom is 0.298 e. The van der Waals surface area contributed by atoms with E-state index >= 15 is 0 Å². The van der Waals surface area contributed by atoms with Crippen LogP contribution in [0, 0.1) is 13.8 Å². The van der Waals surface area contributed by atoms with Gasteiger partial charge in [0.25, 0.3) is 11.8 Å². The van der Waals surface area contributed by atoms with Crippen LogP contribution < -0.4 is 11.2 Å². The first-order chi connectivity index (χ1) is 25.7. The van der Waals surface area contributed by atoms with Gasteiger partial charge in [-0.05, 0) is 76.4 Å². The van der Waals surface area contributed by atoms with E-state index in [9.17, 15) is 9.59 Å². The minimum Gasteiger partial charge on any atom is -0.379 e. The van der Waals surface area contributed by atoms with Crippen LogP contribution in [0.2, 0.25) is 0 Å².